The van der Waals surface area contributed by atoms with Crippen LogP contribution in [-0.2, 0) is 4.74 Å². The second-order valence-corrected chi connectivity index (χ2v) is 6.43. The minimum atomic E-state index is 0.338. The quantitative estimate of drug-likeness (QED) is 0.850. The van der Waals surface area contributed by atoms with Crippen molar-refractivity contribution in [1.82, 2.24) is 14.9 Å². The maximum absolute atomic E-state index is 5.83. The molecule has 0 aromatic carbocycles. The van der Waals surface area contributed by atoms with E-state index in [1.54, 1.807) is 0 Å². The first-order valence-electron chi connectivity index (χ1n) is 8.06. The maximum atomic E-state index is 5.83. The molecule has 0 radical (unpaired) electrons. The average molecular weight is 290 g/mol. The Morgan fingerprint density at radius 2 is 2.05 bits per heavy atom. The summed E-state index contributed by atoms with van der Waals surface area (Å²) < 4.78 is 5.83. The van der Waals surface area contributed by atoms with E-state index in [1.165, 1.54) is 12.8 Å². The highest BCUT2D eigenvalue weighted by atomic mass is 16.5. The molecule has 2 fully saturated rings. The van der Waals surface area contributed by atoms with Gasteiger partial charge in [-0.2, -0.15) is 0 Å². The summed E-state index contributed by atoms with van der Waals surface area (Å²) >= 11 is 0. The molecule has 2 aliphatic heterocycles. The van der Waals surface area contributed by atoms with Crippen molar-refractivity contribution in [3.05, 3.63) is 18.1 Å². The Labute approximate surface area is 127 Å². The first-order chi connectivity index (χ1) is 10.1. The van der Waals surface area contributed by atoms with E-state index in [1.807, 2.05) is 19.2 Å². The van der Waals surface area contributed by atoms with Gasteiger partial charge in [0.25, 0.3) is 0 Å². The SMILES string of the molecule is Cc1nccc(N2CCC[C@H]2CN2C[C@@H](C)O[C@@H](C)C2)n1. The third kappa shape index (κ3) is 3.52. The van der Waals surface area contributed by atoms with Crippen LogP contribution < -0.4 is 4.90 Å². The number of aromatic nitrogens is 2. The second-order valence-electron chi connectivity index (χ2n) is 6.43. The lowest BCUT2D eigenvalue weighted by molar-refractivity contribution is -0.0689. The van der Waals surface area contributed by atoms with Crippen LogP contribution in [0, 0.1) is 6.92 Å². The number of aryl methyl sites for hydroxylation is 1. The van der Waals surface area contributed by atoms with Gasteiger partial charge in [-0.25, -0.2) is 9.97 Å². The molecule has 0 spiro atoms. The highest BCUT2D eigenvalue weighted by Crippen LogP contribution is 2.25. The molecular formula is C16H26N4O. The fraction of sp³-hybridized carbons (Fsp3) is 0.750. The third-order valence-corrected chi connectivity index (χ3v) is 4.40. The second kappa shape index (κ2) is 6.28. The van der Waals surface area contributed by atoms with Crippen molar-refractivity contribution in [3.63, 3.8) is 0 Å². The summed E-state index contributed by atoms with van der Waals surface area (Å²) in [6.45, 7) is 10.6. The number of ether oxygens (including phenoxy) is 1. The summed E-state index contributed by atoms with van der Waals surface area (Å²) in [5.41, 5.74) is 0. The van der Waals surface area contributed by atoms with E-state index in [2.05, 4.69) is 33.6 Å². The Hall–Kier alpha value is -1.20. The molecule has 2 aliphatic rings. The van der Waals surface area contributed by atoms with Crippen molar-refractivity contribution < 1.29 is 4.74 Å². The molecule has 21 heavy (non-hydrogen) atoms. The van der Waals surface area contributed by atoms with Gasteiger partial charge in [-0.1, -0.05) is 0 Å². The predicted molar refractivity (Wildman–Crippen MR) is 83.6 cm³/mol. The molecule has 0 bridgehead atoms. The van der Waals surface area contributed by atoms with Gasteiger partial charge < -0.3 is 9.64 Å². The van der Waals surface area contributed by atoms with Gasteiger partial charge >= 0.3 is 0 Å². The predicted octanol–water partition coefficient (Wildman–Crippen LogP) is 1.86. The maximum Gasteiger partial charge on any atom is 0.132 e. The van der Waals surface area contributed by atoms with Gasteiger partial charge in [0.05, 0.1) is 12.2 Å². The Balaban J connectivity index is 1.67. The summed E-state index contributed by atoms with van der Waals surface area (Å²) in [5.74, 6) is 1.94. The number of morpholine rings is 1. The van der Waals surface area contributed by atoms with Crippen molar-refractivity contribution in [2.45, 2.75) is 51.9 Å². The highest BCUT2D eigenvalue weighted by Gasteiger charge is 2.30. The van der Waals surface area contributed by atoms with Crippen LogP contribution in [-0.4, -0.2) is 59.3 Å². The van der Waals surface area contributed by atoms with Crippen molar-refractivity contribution in [3.8, 4) is 0 Å². The molecule has 5 nitrogen and oxygen atoms in total. The fourth-order valence-corrected chi connectivity index (χ4v) is 3.66. The summed E-state index contributed by atoms with van der Waals surface area (Å²) in [5, 5.41) is 0. The topological polar surface area (TPSA) is 41.5 Å². The van der Waals surface area contributed by atoms with Gasteiger partial charge in [0, 0.05) is 38.4 Å². The summed E-state index contributed by atoms with van der Waals surface area (Å²) in [7, 11) is 0. The minimum absolute atomic E-state index is 0.338. The Morgan fingerprint density at radius 1 is 1.29 bits per heavy atom. The van der Waals surface area contributed by atoms with Crippen molar-refractivity contribution in [2.75, 3.05) is 31.1 Å². The van der Waals surface area contributed by atoms with Crippen LogP contribution in [0.4, 0.5) is 5.82 Å². The zero-order valence-corrected chi connectivity index (χ0v) is 13.3. The Kier molecular flexibility index (Phi) is 4.40. The van der Waals surface area contributed by atoms with E-state index in [-0.39, 0.29) is 0 Å². The summed E-state index contributed by atoms with van der Waals surface area (Å²) in [6, 6.07) is 2.60. The first kappa shape index (κ1) is 14.7. The van der Waals surface area contributed by atoms with Crippen molar-refractivity contribution in [1.29, 1.82) is 0 Å². The molecule has 0 aliphatic carbocycles. The smallest absolute Gasteiger partial charge is 0.132 e. The lowest BCUT2D eigenvalue weighted by Crippen LogP contribution is -2.50. The number of hydrogen-bond acceptors (Lipinski definition) is 5. The molecule has 0 saturated carbocycles. The van der Waals surface area contributed by atoms with Gasteiger partial charge in [-0.3, -0.25) is 4.90 Å². The average Bonchev–Trinajstić information content (AvgIpc) is 2.85. The van der Waals surface area contributed by atoms with Crippen LogP contribution in [0.3, 0.4) is 0 Å². The van der Waals surface area contributed by atoms with Gasteiger partial charge in [0.1, 0.15) is 11.6 Å². The number of anilines is 1. The molecule has 2 saturated heterocycles. The molecule has 1 aromatic rings. The molecule has 3 heterocycles. The summed E-state index contributed by atoms with van der Waals surface area (Å²) in [4.78, 5) is 13.8. The van der Waals surface area contributed by atoms with Crippen LogP contribution in [0.15, 0.2) is 12.3 Å². The van der Waals surface area contributed by atoms with Crippen molar-refractivity contribution in [2.24, 2.45) is 0 Å². The van der Waals surface area contributed by atoms with E-state index in [0.717, 1.165) is 37.8 Å². The third-order valence-electron chi connectivity index (χ3n) is 4.40. The van der Waals surface area contributed by atoms with Crippen LogP contribution in [0.5, 0.6) is 0 Å². The van der Waals surface area contributed by atoms with E-state index in [0.29, 0.717) is 18.2 Å². The molecule has 116 valence electrons. The molecule has 0 N–H and O–H groups in total. The molecule has 5 heteroatoms. The van der Waals surface area contributed by atoms with Gasteiger partial charge in [0.15, 0.2) is 0 Å². The van der Waals surface area contributed by atoms with Crippen LogP contribution in [0.25, 0.3) is 0 Å². The molecule has 0 unspecified atom stereocenters. The van der Waals surface area contributed by atoms with Crippen LogP contribution >= 0.6 is 0 Å². The van der Waals surface area contributed by atoms with Crippen molar-refractivity contribution >= 4 is 5.82 Å². The minimum Gasteiger partial charge on any atom is -0.373 e. The molecule has 3 rings (SSSR count). The molecule has 0 amide bonds. The van der Waals surface area contributed by atoms with E-state index in [4.69, 9.17) is 4.74 Å². The number of nitrogens with zero attached hydrogens (tertiary/aromatic N) is 4. The van der Waals surface area contributed by atoms with Gasteiger partial charge in [-0.05, 0) is 39.7 Å². The van der Waals surface area contributed by atoms with E-state index >= 15 is 0 Å². The normalized spacial score (nSPS) is 30.8. The van der Waals surface area contributed by atoms with Gasteiger partial charge in [0.2, 0.25) is 0 Å². The standard InChI is InChI=1S/C16H26N4O/c1-12-9-19(10-13(2)21-12)11-15-5-4-8-20(15)16-6-7-17-14(3)18-16/h6-7,12-13,15H,4-5,8-11H2,1-3H3/t12-,13+,15-/m0/s1. The summed E-state index contributed by atoms with van der Waals surface area (Å²) in [6.07, 6.45) is 5.05. The monoisotopic (exact) mass is 290 g/mol. The highest BCUT2D eigenvalue weighted by molar-refractivity contribution is 5.40. The molecular weight excluding hydrogens is 264 g/mol. The van der Waals surface area contributed by atoms with E-state index in [9.17, 15) is 0 Å². The number of hydrogen-bond donors (Lipinski definition) is 0. The van der Waals surface area contributed by atoms with E-state index < -0.39 is 0 Å². The lowest BCUT2D eigenvalue weighted by atomic mass is 10.1. The van der Waals surface area contributed by atoms with Gasteiger partial charge in [-0.15, -0.1) is 0 Å². The van der Waals surface area contributed by atoms with Crippen LogP contribution in [0.2, 0.25) is 0 Å². The van der Waals surface area contributed by atoms with Crippen LogP contribution in [0.1, 0.15) is 32.5 Å². The first-order valence-corrected chi connectivity index (χ1v) is 8.06. The fourth-order valence-electron chi connectivity index (χ4n) is 3.66. The molecule has 1 aromatic heterocycles. The largest absolute Gasteiger partial charge is 0.373 e. The zero-order valence-electron chi connectivity index (χ0n) is 13.3. The molecule has 3 atom stereocenters. The zero-order chi connectivity index (χ0) is 14.8. The number of rotatable bonds is 3. The Morgan fingerprint density at radius 3 is 2.76 bits per heavy atom. The Bertz CT molecular complexity index is 471. The lowest BCUT2D eigenvalue weighted by Gasteiger charge is -2.38.